The first-order valence-corrected chi connectivity index (χ1v) is 8.54. The van der Waals surface area contributed by atoms with Crippen LogP contribution in [-0.4, -0.2) is 18.6 Å². The van der Waals surface area contributed by atoms with Gasteiger partial charge in [0.2, 0.25) is 0 Å². The highest BCUT2D eigenvalue weighted by molar-refractivity contribution is 8.77. The highest BCUT2D eigenvalue weighted by Gasteiger charge is 1.93. The van der Waals surface area contributed by atoms with E-state index < -0.39 is 0 Å². The van der Waals surface area contributed by atoms with Gasteiger partial charge >= 0.3 is 0 Å². The maximum atomic E-state index is 5.11. The van der Waals surface area contributed by atoms with Crippen molar-refractivity contribution >= 4 is 33.3 Å². The molecule has 0 amide bonds. The molecule has 0 unspecified atom stereocenters. The predicted molar refractivity (Wildman–Crippen MR) is 83.1 cm³/mol. The van der Waals surface area contributed by atoms with Gasteiger partial charge in [-0.25, -0.2) is 0 Å². The van der Waals surface area contributed by atoms with Crippen LogP contribution in [0.25, 0.3) is 0 Å². The molecule has 1 aromatic rings. The van der Waals surface area contributed by atoms with E-state index in [0.717, 1.165) is 17.3 Å². The summed E-state index contributed by atoms with van der Waals surface area (Å²) in [5.74, 6) is 2.88. The maximum absolute atomic E-state index is 5.11. The van der Waals surface area contributed by atoms with Gasteiger partial charge in [-0.1, -0.05) is 33.7 Å². The first kappa shape index (κ1) is 14.6. The number of hydrogen-bond donors (Lipinski definition) is 0. The lowest BCUT2D eigenvalue weighted by Gasteiger charge is -2.01. The molecule has 0 aliphatic carbocycles. The van der Waals surface area contributed by atoms with Crippen molar-refractivity contribution in [1.82, 2.24) is 0 Å². The van der Waals surface area contributed by atoms with E-state index in [0.29, 0.717) is 0 Å². The van der Waals surface area contributed by atoms with Gasteiger partial charge in [-0.15, -0.1) is 18.3 Å². The molecular formula is C13H16OS3. The van der Waals surface area contributed by atoms with Crippen LogP contribution < -0.4 is 4.74 Å². The Morgan fingerprint density at radius 1 is 1.24 bits per heavy atom. The van der Waals surface area contributed by atoms with E-state index in [4.69, 9.17) is 4.74 Å². The SMILES string of the molecule is C=CCSS/C=C/CSc1ccc(OC)cc1. The van der Waals surface area contributed by atoms with Crippen LogP contribution in [0.5, 0.6) is 5.75 Å². The van der Waals surface area contributed by atoms with Crippen LogP contribution in [0, 0.1) is 0 Å². The Morgan fingerprint density at radius 2 is 2.00 bits per heavy atom. The monoisotopic (exact) mass is 284 g/mol. The molecule has 17 heavy (non-hydrogen) atoms. The molecule has 4 heteroatoms. The number of rotatable bonds is 8. The molecule has 0 spiro atoms. The van der Waals surface area contributed by atoms with Crippen LogP contribution in [0.2, 0.25) is 0 Å². The summed E-state index contributed by atoms with van der Waals surface area (Å²) in [6, 6.07) is 8.13. The third kappa shape index (κ3) is 6.76. The second-order valence-electron chi connectivity index (χ2n) is 3.03. The van der Waals surface area contributed by atoms with Gasteiger partial charge < -0.3 is 4.74 Å². The van der Waals surface area contributed by atoms with E-state index in [1.165, 1.54) is 4.90 Å². The van der Waals surface area contributed by atoms with Crippen molar-refractivity contribution in [2.24, 2.45) is 0 Å². The van der Waals surface area contributed by atoms with E-state index in [1.807, 2.05) is 30.0 Å². The Kier molecular flexibility index (Phi) is 8.22. The summed E-state index contributed by atoms with van der Waals surface area (Å²) in [5, 5.41) is 2.13. The number of benzene rings is 1. The zero-order chi connectivity index (χ0) is 12.3. The smallest absolute Gasteiger partial charge is 0.118 e. The fourth-order valence-electron chi connectivity index (χ4n) is 1.02. The highest BCUT2D eigenvalue weighted by atomic mass is 33.1. The van der Waals surface area contributed by atoms with Gasteiger partial charge in [-0.05, 0) is 29.7 Å². The zero-order valence-corrected chi connectivity index (χ0v) is 12.2. The predicted octanol–water partition coefficient (Wildman–Crippen LogP) is 4.87. The molecular weight excluding hydrogens is 268 g/mol. The normalized spacial score (nSPS) is 10.6. The molecule has 0 saturated heterocycles. The third-order valence-corrected chi connectivity index (χ3v) is 4.74. The molecule has 0 aliphatic rings. The van der Waals surface area contributed by atoms with Crippen LogP contribution in [0.1, 0.15) is 0 Å². The lowest BCUT2D eigenvalue weighted by Crippen LogP contribution is -1.81. The van der Waals surface area contributed by atoms with Gasteiger partial charge in [0.15, 0.2) is 0 Å². The molecule has 0 atom stereocenters. The first-order chi connectivity index (χ1) is 8.36. The molecule has 1 aromatic carbocycles. The second kappa shape index (κ2) is 9.57. The minimum atomic E-state index is 0.904. The second-order valence-corrected chi connectivity index (χ2v) is 6.44. The largest absolute Gasteiger partial charge is 0.497 e. The number of methoxy groups -OCH3 is 1. The Balaban J connectivity index is 2.18. The topological polar surface area (TPSA) is 9.23 Å². The molecule has 0 fully saturated rings. The van der Waals surface area contributed by atoms with Gasteiger partial charge in [0.25, 0.3) is 0 Å². The van der Waals surface area contributed by atoms with E-state index >= 15 is 0 Å². The summed E-state index contributed by atoms with van der Waals surface area (Å²) in [4.78, 5) is 1.26. The molecule has 0 aromatic heterocycles. The summed E-state index contributed by atoms with van der Waals surface area (Å²) in [7, 11) is 5.22. The molecule has 0 aliphatic heterocycles. The van der Waals surface area contributed by atoms with E-state index in [9.17, 15) is 0 Å². The van der Waals surface area contributed by atoms with E-state index in [1.54, 1.807) is 28.7 Å². The van der Waals surface area contributed by atoms with Crippen molar-refractivity contribution in [2.75, 3.05) is 18.6 Å². The lowest BCUT2D eigenvalue weighted by atomic mass is 10.3. The molecule has 0 saturated carbocycles. The van der Waals surface area contributed by atoms with E-state index in [-0.39, 0.29) is 0 Å². The fraction of sp³-hybridized carbons (Fsp3) is 0.231. The standard InChI is InChI=1S/C13H16OS3/c1-3-9-16-17-11-4-10-15-13-7-5-12(14-2)6-8-13/h3-8,11H,1,9-10H2,2H3/b11-4+. The zero-order valence-electron chi connectivity index (χ0n) is 9.80. The van der Waals surface area contributed by atoms with Crippen LogP contribution in [0.15, 0.2) is 53.3 Å². The Morgan fingerprint density at radius 3 is 2.65 bits per heavy atom. The van der Waals surface area contributed by atoms with Crippen molar-refractivity contribution in [3.05, 3.63) is 48.4 Å². The van der Waals surface area contributed by atoms with Crippen molar-refractivity contribution in [3.63, 3.8) is 0 Å². The first-order valence-electron chi connectivity index (χ1n) is 5.18. The number of thioether (sulfide) groups is 1. The van der Waals surface area contributed by atoms with Gasteiger partial charge in [-0.2, -0.15) is 0 Å². The minimum absolute atomic E-state index is 0.904. The van der Waals surface area contributed by atoms with Crippen LogP contribution in [-0.2, 0) is 0 Å². The molecule has 0 N–H and O–H groups in total. The Bertz CT molecular complexity index is 346. The number of ether oxygens (including phenoxy) is 1. The average molecular weight is 284 g/mol. The molecule has 92 valence electrons. The Labute approximate surface area is 115 Å². The van der Waals surface area contributed by atoms with Gasteiger partial charge in [0.1, 0.15) is 5.75 Å². The minimum Gasteiger partial charge on any atom is -0.497 e. The molecule has 0 bridgehead atoms. The fourth-order valence-corrected chi connectivity index (χ4v) is 3.28. The molecule has 1 rings (SSSR count). The average Bonchev–Trinajstić information content (AvgIpc) is 2.38. The summed E-state index contributed by atoms with van der Waals surface area (Å²) in [6.07, 6.45) is 4.09. The molecule has 1 nitrogen and oxygen atoms in total. The van der Waals surface area contributed by atoms with E-state index in [2.05, 4.69) is 30.2 Å². The van der Waals surface area contributed by atoms with Crippen molar-refractivity contribution in [3.8, 4) is 5.75 Å². The van der Waals surface area contributed by atoms with Crippen LogP contribution in [0.3, 0.4) is 0 Å². The van der Waals surface area contributed by atoms with Crippen LogP contribution in [0.4, 0.5) is 0 Å². The maximum Gasteiger partial charge on any atom is 0.118 e. The summed E-state index contributed by atoms with van der Waals surface area (Å²) in [6.45, 7) is 3.68. The molecule has 0 heterocycles. The number of hydrogen-bond acceptors (Lipinski definition) is 4. The highest BCUT2D eigenvalue weighted by Crippen LogP contribution is 2.24. The van der Waals surface area contributed by atoms with Crippen molar-refractivity contribution in [1.29, 1.82) is 0 Å². The van der Waals surface area contributed by atoms with Gasteiger partial charge in [0, 0.05) is 16.4 Å². The van der Waals surface area contributed by atoms with Crippen molar-refractivity contribution < 1.29 is 4.74 Å². The quantitative estimate of drug-likeness (QED) is 0.291. The third-order valence-electron chi connectivity index (χ3n) is 1.81. The van der Waals surface area contributed by atoms with Crippen molar-refractivity contribution in [2.45, 2.75) is 4.90 Å². The summed E-state index contributed by atoms with van der Waals surface area (Å²) in [5.41, 5.74) is 0. The summed E-state index contributed by atoms with van der Waals surface area (Å²) < 4.78 is 5.11. The van der Waals surface area contributed by atoms with Gasteiger partial charge in [0.05, 0.1) is 7.11 Å². The van der Waals surface area contributed by atoms with Gasteiger partial charge in [-0.3, -0.25) is 0 Å². The molecule has 0 radical (unpaired) electrons. The Hall–Kier alpha value is -0.450. The van der Waals surface area contributed by atoms with Crippen LogP contribution >= 0.6 is 33.3 Å². The summed E-state index contributed by atoms with van der Waals surface area (Å²) >= 11 is 1.82. The lowest BCUT2D eigenvalue weighted by molar-refractivity contribution is 0.414.